The highest BCUT2D eigenvalue weighted by Gasteiger charge is 2.93. The molecule has 0 aromatic carbocycles. The third-order valence-corrected chi connectivity index (χ3v) is 3.24. The number of hydrogen-bond donors (Lipinski definition) is 3. The molecule has 0 radical (unpaired) electrons. The summed E-state index contributed by atoms with van der Waals surface area (Å²) in [5, 5.41) is 9.90. The van der Waals surface area contributed by atoms with Gasteiger partial charge in [0, 0.05) is 0 Å². The van der Waals surface area contributed by atoms with Crippen molar-refractivity contribution in [1.82, 2.24) is 10.6 Å². The van der Waals surface area contributed by atoms with Gasteiger partial charge in [-0.05, 0) is 0 Å². The largest absolute Gasteiger partial charge is 0.460 e. The van der Waals surface area contributed by atoms with Crippen LogP contribution in [0.2, 0.25) is 0 Å². The summed E-state index contributed by atoms with van der Waals surface area (Å²) in [4.78, 5) is 21.5. The lowest BCUT2D eigenvalue weighted by molar-refractivity contribution is -0.447. The molecule has 1 unspecified atom stereocenters. The molecule has 3 amide bonds. The molecule has 1 rings (SSSR count). The molecule has 18 heteroatoms. The van der Waals surface area contributed by atoms with Gasteiger partial charge in [0.05, 0.1) is 0 Å². The highest BCUT2D eigenvalue weighted by molar-refractivity contribution is 6.06. The Morgan fingerprint density at radius 3 is 1.33 bits per heavy atom. The molecule has 1 fully saturated rings. The van der Waals surface area contributed by atoms with Crippen LogP contribution in [0, 0.1) is 0 Å². The van der Waals surface area contributed by atoms with Crippen molar-refractivity contribution in [3.63, 3.8) is 0 Å². The van der Waals surface area contributed by atoms with Crippen molar-refractivity contribution in [2.75, 3.05) is 0 Å². The maximum Gasteiger partial charge on any atom is 0.460 e. The summed E-state index contributed by atoms with van der Waals surface area (Å²) < 4.78 is 167. The van der Waals surface area contributed by atoms with E-state index < -0.39 is 53.5 Å². The van der Waals surface area contributed by atoms with Gasteiger partial charge in [-0.15, -0.1) is 0 Å². The van der Waals surface area contributed by atoms with Gasteiger partial charge < -0.3 is 5.11 Å². The first-order valence-corrected chi connectivity index (χ1v) is 5.84. The standard InChI is InChI=1S/C9H3F13N2O3/c10-4(11,3(27)1(25)23-2(26)24-3)5(12,13)6(14,15)7(16,17)8(18,19)9(20,21)22/h27H,(H2,23,24,25,26). The fourth-order valence-electron chi connectivity index (χ4n) is 1.66. The van der Waals surface area contributed by atoms with Gasteiger partial charge in [0.1, 0.15) is 0 Å². The fourth-order valence-corrected chi connectivity index (χ4v) is 1.66. The highest BCUT2D eigenvalue weighted by atomic mass is 19.4. The van der Waals surface area contributed by atoms with Crippen LogP contribution in [0.3, 0.4) is 0 Å². The Bertz CT molecular complexity index is 658. The number of carbonyl (C=O) groups is 2. The van der Waals surface area contributed by atoms with Crippen LogP contribution in [0.4, 0.5) is 61.9 Å². The van der Waals surface area contributed by atoms with E-state index in [0.717, 1.165) is 0 Å². The summed E-state index contributed by atoms with van der Waals surface area (Å²) in [6, 6.07) is -2.23. The minimum Gasteiger partial charge on any atom is -0.358 e. The Morgan fingerprint density at radius 1 is 0.667 bits per heavy atom. The minimum atomic E-state index is -8.20. The first kappa shape index (κ1) is 23.0. The summed E-state index contributed by atoms with van der Waals surface area (Å²) in [6.45, 7) is 0. The fraction of sp³-hybridized carbons (Fsp3) is 0.778. The van der Waals surface area contributed by atoms with Crippen molar-refractivity contribution in [3.05, 3.63) is 0 Å². The zero-order valence-corrected chi connectivity index (χ0v) is 11.7. The molecule has 0 saturated carbocycles. The van der Waals surface area contributed by atoms with Crippen LogP contribution in [-0.4, -0.2) is 58.6 Å². The number of nitrogens with one attached hydrogen (secondary N) is 2. The smallest absolute Gasteiger partial charge is 0.358 e. The Kier molecular flexibility index (Phi) is 4.70. The molecule has 158 valence electrons. The lowest BCUT2D eigenvalue weighted by atomic mass is 9.89. The van der Waals surface area contributed by atoms with Crippen molar-refractivity contribution in [2.45, 2.75) is 41.5 Å². The molecular formula is C9H3F13N2O3. The lowest BCUT2D eigenvalue weighted by Gasteiger charge is -2.42. The maximum absolute atomic E-state index is 13.6. The van der Waals surface area contributed by atoms with Gasteiger partial charge in [-0.25, -0.2) is 4.79 Å². The number of halogens is 13. The predicted molar refractivity (Wildman–Crippen MR) is 52.4 cm³/mol. The summed E-state index contributed by atoms with van der Waals surface area (Å²) in [6.07, 6.45) is -7.60. The van der Waals surface area contributed by atoms with Crippen molar-refractivity contribution in [3.8, 4) is 0 Å². The zero-order valence-electron chi connectivity index (χ0n) is 11.7. The van der Waals surface area contributed by atoms with Crippen LogP contribution in [-0.2, 0) is 4.79 Å². The Morgan fingerprint density at radius 2 is 1.04 bits per heavy atom. The van der Waals surface area contributed by atoms with Crippen LogP contribution < -0.4 is 10.6 Å². The van der Waals surface area contributed by atoms with Gasteiger partial charge in [0.2, 0.25) is 0 Å². The molecular weight excluding hydrogens is 431 g/mol. The third-order valence-electron chi connectivity index (χ3n) is 3.24. The van der Waals surface area contributed by atoms with Crippen LogP contribution >= 0.6 is 0 Å². The molecule has 0 aliphatic carbocycles. The Hall–Kier alpha value is -2.01. The Labute approximate surface area is 137 Å². The third kappa shape index (κ3) is 2.59. The van der Waals surface area contributed by atoms with E-state index in [-0.39, 0.29) is 5.32 Å². The second-order valence-electron chi connectivity index (χ2n) is 4.99. The molecule has 0 spiro atoms. The van der Waals surface area contributed by atoms with Crippen molar-refractivity contribution < 1.29 is 71.8 Å². The first-order chi connectivity index (χ1) is 11.5. The molecule has 0 bridgehead atoms. The second kappa shape index (κ2) is 5.51. The first-order valence-electron chi connectivity index (χ1n) is 5.84. The molecule has 27 heavy (non-hydrogen) atoms. The van der Waals surface area contributed by atoms with Crippen molar-refractivity contribution in [1.29, 1.82) is 0 Å². The topological polar surface area (TPSA) is 78.4 Å². The van der Waals surface area contributed by atoms with E-state index in [1.807, 2.05) is 0 Å². The molecule has 0 aromatic heterocycles. The highest BCUT2D eigenvalue weighted by Crippen LogP contribution is 2.61. The number of amides is 3. The van der Waals surface area contributed by atoms with E-state index in [9.17, 15) is 66.7 Å². The number of rotatable bonds is 5. The maximum atomic E-state index is 13.6. The molecule has 5 nitrogen and oxygen atoms in total. The molecule has 1 heterocycles. The zero-order chi connectivity index (χ0) is 22.1. The van der Waals surface area contributed by atoms with Gasteiger partial charge in [-0.3, -0.25) is 15.4 Å². The van der Waals surface area contributed by atoms with E-state index in [1.165, 1.54) is 0 Å². The number of hydrogen-bond acceptors (Lipinski definition) is 3. The summed E-state index contributed by atoms with van der Waals surface area (Å²) in [5.74, 6) is -42.4. The molecule has 1 aliphatic heterocycles. The normalized spacial score (nSPS) is 23.3. The van der Waals surface area contributed by atoms with Crippen LogP contribution in [0.15, 0.2) is 0 Å². The van der Waals surface area contributed by atoms with Gasteiger partial charge in [0.25, 0.3) is 11.6 Å². The summed E-state index contributed by atoms with van der Waals surface area (Å²) in [5.41, 5.74) is -5.39. The number of carbonyl (C=O) groups excluding carboxylic acids is 2. The SMILES string of the molecule is O=C1NC(=O)C(O)(C(F)(F)C(F)(F)C(F)(F)C(F)(F)C(F)(F)C(F)(F)F)N1. The van der Waals surface area contributed by atoms with Crippen LogP contribution in [0.1, 0.15) is 0 Å². The second-order valence-corrected chi connectivity index (χ2v) is 4.99. The molecule has 1 saturated heterocycles. The average molecular weight is 434 g/mol. The molecule has 0 aromatic rings. The van der Waals surface area contributed by atoms with Gasteiger partial charge in [0.15, 0.2) is 0 Å². The molecule has 1 aliphatic rings. The van der Waals surface area contributed by atoms with Gasteiger partial charge in [-0.1, -0.05) is 0 Å². The number of alkyl halides is 13. The molecule has 3 N–H and O–H groups in total. The van der Waals surface area contributed by atoms with E-state index in [2.05, 4.69) is 0 Å². The lowest BCUT2D eigenvalue weighted by Crippen LogP contribution is -2.76. The predicted octanol–water partition coefficient (Wildman–Crippen LogP) is 2.25. The number of urea groups is 1. The van der Waals surface area contributed by atoms with Crippen molar-refractivity contribution >= 4 is 11.9 Å². The average Bonchev–Trinajstić information content (AvgIpc) is 2.71. The van der Waals surface area contributed by atoms with Gasteiger partial charge in [-0.2, -0.15) is 57.1 Å². The molecule has 1 atom stereocenters. The van der Waals surface area contributed by atoms with E-state index >= 15 is 0 Å². The van der Waals surface area contributed by atoms with E-state index in [4.69, 9.17) is 5.11 Å². The quantitative estimate of drug-likeness (QED) is 0.459. The number of imide groups is 1. The number of aliphatic hydroxyl groups is 1. The summed E-state index contributed by atoms with van der Waals surface area (Å²) >= 11 is 0. The van der Waals surface area contributed by atoms with Gasteiger partial charge >= 0.3 is 41.8 Å². The van der Waals surface area contributed by atoms with E-state index in [1.54, 1.807) is 0 Å². The van der Waals surface area contributed by atoms with Crippen LogP contribution in [0.25, 0.3) is 0 Å². The monoisotopic (exact) mass is 434 g/mol. The van der Waals surface area contributed by atoms with Crippen molar-refractivity contribution in [2.24, 2.45) is 0 Å². The Balaban J connectivity index is 3.60. The van der Waals surface area contributed by atoms with E-state index in [0.29, 0.717) is 5.32 Å². The minimum absolute atomic E-state index is 0.257. The summed E-state index contributed by atoms with van der Waals surface area (Å²) in [7, 11) is 0. The van der Waals surface area contributed by atoms with Crippen LogP contribution in [0.5, 0.6) is 0 Å².